The van der Waals surface area contributed by atoms with Crippen molar-refractivity contribution < 1.29 is 9.90 Å². The molecule has 268 valence electrons. The van der Waals surface area contributed by atoms with E-state index >= 15 is 0 Å². The van der Waals surface area contributed by atoms with E-state index < -0.39 is 5.97 Å². The van der Waals surface area contributed by atoms with Crippen LogP contribution in [-0.2, 0) is 0 Å². The maximum Gasteiger partial charge on any atom is 0.335 e. The molecule has 1 heterocycles. The van der Waals surface area contributed by atoms with Gasteiger partial charge in [0.05, 0.1) is 5.56 Å². The van der Waals surface area contributed by atoms with Gasteiger partial charge in [-0.2, -0.15) is 0 Å². The van der Waals surface area contributed by atoms with Crippen LogP contribution in [0.25, 0.3) is 5.57 Å². The number of rotatable bonds is 7. The second kappa shape index (κ2) is 11.8. The number of nitrogens with zero attached hydrogens (tertiary/aromatic N) is 1. The Hall–Kier alpha value is -1.91. The van der Waals surface area contributed by atoms with Gasteiger partial charge in [-0.25, -0.2) is 4.79 Å². The molecule has 7 aliphatic rings. The van der Waals surface area contributed by atoms with E-state index in [-0.39, 0.29) is 16.4 Å². The SMILES string of the molecule is C=C(C)[C@@H]1CC[C@]2(NCCN3CC4CCC(C4)C3)CC[C@]3(C)[C@H](CC[C@@H]4[C@@]5(C)CC=C(c6ccc(C(=O)O)cc6)C(C)(C)[C@@H]5CC[C@]43C)[C@@H]12. The minimum absolute atomic E-state index is 0.0485. The second-order valence-electron chi connectivity index (χ2n) is 20.0. The van der Waals surface area contributed by atoms with Crippen LogP contribution in [-0.4, -0.2) is 47.7 Å². The highest BCUT2D eigenvalue weighted by Crippen LogP contribution is 2.76. The summed E-state index contributed by atoms with van der Waals surface area (Å²) in [7, 11) is 0. The van der Waals surface area contributed by atoms with Gasteiger partial charge in [0.1, 0.15) is 0 Å². The van der Waals surface area contributed by atoms with Crippen LogP contribution in [0.5, 0.6) is 0 Å². The fourth-order valence-electron chi connectivity index (χ4n) is 15.3. The van der Waals surface area contributed by atoms with Crippen LogP contribution in [0.2, 0.25) is 0 Å². The molecule has 0 radical (unpaired) electrons. The summed E-state index contributed by atoms with van der Waals surface area (Å²) in [6.45, 7) is 25.3. The zero-order valence-electron chi connectivity index (χ0n) is 31.8. The molecule has 5 saturated carbocycles. The standard InChI is InChI=1S/C45H66N2O2/c1-29(2)34-16-21-45(46-24-25-47-27-30-8-9-31(26-30)28-47)23-22-43(6)36(39(34)45)14-15-38-42(5)19-17-35(32-10-12-33(13-11-32)40(48)49)41(3,4)37(42)18-20-44(38,43)7/h10-13,17,30-31,34,36-39,46H,1,8-9,14-16,18-28H2,2-7H3,(H,48,49)/t30?,31?,34-,36+,37-,38+,39+,42-,43+,44+,45-/m0/s1. The van der Waals surface area contributed by atoms with Crippen LogP contribution in [0.15, 0.2) is 42.5 Å². The third-order valence-electron chi connectivity index (χ3n) is 17.7. The lowest BCUT2D eigenvalue weighted by atomic mass is 9.33. The van der Waals surface area contributed by atoms with Crippen molar-refractivity contribution in [1.29, 1.82) is 0 Å². The monoisotopic (exact) mass is 667 g/mol. The molecule has 0 amide bonds. The van der Waals surface area contributed by atoms with Crippen molar-refractivity contribution in [3.63, 3.8) is 0 Å². The number of hydrogen-bond acceptors (Lipinski definition) is 3. The molecule has 1 aromatic carbocycles. The van der Waals surface area contributed by atoms with Crippen LogP contribution in [0.1, 0.15) is 135 Å². The third kappa shape index (κ3) is 5.06. The Kier molecular flexibility index (Phi) is 8.24. The summed E-state index contributed by atoms with van der Waals surface area (Å²) in [4.78, 5) is 14.4. The fraction of sp³-hybridized carbons (Fsp3) is 0.756. The molecule has 0 aromatic heterocycles. The van der Waals surface area contributed by atoms with Gasteiger partial charge < -0.3 is 15.3 Å². The van der Waals surface area contributed by atoms with E-state index in [0.29, 0.717) is 34.1 Å². The van der Waals surface area contributed by atoms with Gasteiger partial charge in [-0.15, -0.1) is 0 Å². The second-order valence-corrected chi connectivity index (χ2v) is 20.0. The predicted molar refractivity (Wildman–Crippen MR) is 201 cm³/mol. The van der Waals surface area contributed by atoms with Crippen molar-refractivity contribution in [2.24, 2.45) is 63.1 Å². The zero-order valence-corrected chi connectivity index (χ0v) is 31.8. The highest BCUT2D eigenvalue weighted by Gasteiger charge is 2.70. The number of fused-ring (bicyclic) bond motifs is 9. The first-order valence-corrected chi connectivity index (χ1v) is 20.4. The Morgan fingerprint density at radius 2 is 1.59 bits per heavy atom. The van der Waals surface area contributed by atoms with Crippen LogP contribution >= 0.6 is 0 Å². The lowest BCUT2D eigenvalue weighted by molar-refractivity contribution is -0.219. The van der Waals surface area contributed by atoms with E-state index in [1.165, 1.54) is 107 Å². The van der Waals surface area contributed by atoms with Crippen LogP contribution in [0.4, 0.5) is 0 Å². The summed E-state index contributed by atoms with van der Waals surface area (Å²) in [5, 5.41) is 13.9. The zero-order chi connectivity index (χ0) is 34.6. The van der Waals surface area contributed by atoms with Gasteiger partial charge in [0.2, 0.25) is 0 Å². The quantitative estimate of drug-likeness (QED) is 0.285. The number of carbonyl (C=O) groups is 1. The summed E-state index contributed by atoms with van der Waals surface area (Å²) in [6, 6.07) is 7.69. The van der Waals surface area contributed by atoms with Gasteiger partial charge in [0.25, 0.3) is 0 Å². The van der Waals surface area contributed by atoms with Gasteiger partial charge in [-0.05, 0) is 170 Å². The topological polar surface area (TPSA) is 52.6 Å². The average molecular weight is 667 g/mol. The molecule has 2 unspecified atom stereocenters. The van der Waals surface area contributed by atoms with Crippen molar-refractivity contribution in [2.75, 3.05) is 26.2 Å². The molecule has 1 saturated heterocycles. The molecule has 6 fully saturated rings. The molecular weight excluding hydrogens is 601 g/mol. The van der Waals surface area contributed by atoms with Crippen LogP contribution in [0, 0.1) is 63.1 Å². The first kappa shape index (κ1) is 34.2. The number of benzene rings is 1. The Morgan fingerprint density at radius 3 is 2.27 bits per heavy atom. The largest absolute Gasteiger partial charge is 0.478 e. The first-order chi connectivity index (χ1) is 23.2. The number of aromatic carboxylic acids is 1. The third-order valence-corrected chi connectivity index (χ3v) is 17.7. The van der Waals surface area contributed by atoms with Gasteiger partial charge >= 0.3 is 5.97 Å². The van der Waals surface area contributed by atoms with Crippen molar-refractivity contribution >= 4 is 11.5 Å². The molecule has 1 aliphatic heterocycles. The summed E-state index contributed by atoms with van der Waals surface area (Å²) in [6.07, 6.45) is 18.9. The molecule has 6 aliphatic carbocycles. The van der Waals surface area contributed by atoms with Crippen molar-refractivity contribution in [3.05, 3.63) is 53.6 Å². The van der Waals surface area contributed by atoms with Gasteiger partial charge in [-0.1, -0.05) is 65.0 Å². The minimum atomic E-state index is -0.849. The molecule has 2 N–H and O–H groups in total. The summed E-state index contributed by atoms with van der Waals surface area (Å²) < 4.78 is 0. The van der Waals surface area contributed by atoms with E-state index in [4.69, 9.17) is 0 Å². The predicted octanol–water partition coefficient (Wildman–Crippen LogP) is 10.1. The number of carboxylic acid groups (broad SMARTS) is 1. The lowest BCUT2D eigenvalue weighted by Crippen LogP contribution is -2.68. The molecule has 11 atom stereocenters. The fourth-order valence-corrected chi connectivity index (χ4v) is 15.3. The van der Waals surface area contributed by atoms with Crippen molar-refractivity contribution in [3.8, 4) is 0 Å². The number of carboxylic acids is 1. The normalized spacial score (nSPS) is 45.4. The van der Waals surface area contributed by atoms with Gasteiger partial charge in [0.15, 0.2) is 0 Å². The van der Waals surface area contributed by atoms with Crippen LogP contribution in [0.3, 0.4) is 0 Å². The highest BCUT2D eigenvalue weighted by molar-refractivity contribution is 5.88. The average Bonchev–Trinajstić information content (AvgIpc) is 3.60. The lowest BCUT2D eigenvalue weighted by Gasteiger charge is -2.72. The summed E-state index contributed by atoms with van der Waals surface area (Å²) in [5.74, 6) is 4.57. The minimum Gasteiger partial charge on any atom is -0.478 e. The number of allylic oxidation sites excluding steroid dienone is 3. The molecule has 4 nitrogen and oxygen atoms in total. The molecule has 8 rings (SSSR count). The maximum atomic E-state index is 11.6. The molecule has 4 heteroatoms. The summed E-state index contributed by atoms with van der Waals surface area (Å²) >= 11 is 0. The number of likely N-dealkylation sites (tertiary alicyclic amines) is 1. The van der Waals surface area contributed by atoms with E-state index in [2.05, 4.69) is 76.5 Å². The molecule has 49 heavy (non-hydrogen) atoms. The van der Waals surface area contributed by atoms with E-state index in [9.17, 15) is 9.90 Å². The first-order valence-electron chi connectivity index (χ1n) is 20.4. The Labute approximate surface area is 298 Å². The maximum absolute atomic E-state index is 11.6. The highest BCUT2D eigenvalue weighted by atomic mass is 16.4. The van der Waals surface area contributed by atoms with E-state index in [1.54, 1.807) is 12.1 Å². The Morgan fingerprint density at radius 1 is 0.878 bits per heavy atom. The van der Waals surface area contributed by atoms with Gasteiger partial charge in [0, 0.05) is 31.7 Å². The molecule has 0 spiro atoms. The number of nitrogens with one attached hydrogen (secondary N) is 1. The number of hydrogen-bond donors (Lipinski definition) is 2. The Balaban J connectivity index is 1.05. The molecule has 2 bridgehead atoms. The molecular formula is C45H66N2O2. The van der Waals surface area contributed by atoms with E-state index in [0.717, 1.165) is 36.6 Å². The Bertz CT molecular complexity index is 1500. The number of piperidine rings is 1. The van der Waals surface area contributed by atoms with Gasteiger partial charge in [-0.3, -0.25) is 0 Å². The summed E-state index contributed by atoms with van der Waals surface area (Å²) in [5.41, 5.74) is 5.75. The molecule has 1 aromatic rings. The smallest absolute Gasteiger partial charge is 0.335 e. The van der Waals surface area contributed by atoms with Crippen molar-refractivity contribution in [1.82, 2.24) is 10.2 Å². The van der Waals surface area contributed by atoms with Crippen molar-refractivity contribution in [2.45, 2.75) is 124 Å². The van der Waals surface area contributed by atoms with Crippen LogP contribution < -0.4 is 5.32 Å². The van der Waals surface area contributed by atoms with E-state index in [1.807, 2.05) is 0 Å².